The highest BCUT2D eigenvalue weighted by atomic mass is 35.5. The number of ketones is 1. The number of carbonyl (C=O) groups is 2. The maximum atomic E-state index is 12.2. The third-order valence-corrected chi connectivity index (χ3v) is 4.61. The number of Topliss-reactive ketones (excluding diaryl/α,β-unsaturated/α-hetero) is 1. The summed E-state index contributed by atoms with van der Waals surface area (Å²) in [7, 11) is 0. The molecular formula is C21H25ClN2O2. The van der Waals surface area contributed by atoms with Crippen LogP contribution in [0.25, 0.3) is 0 Å². The number of carbonyl (C=O) groups excluding carboxylic acids is 2. The summed E-state index contributed by atoms with van der Waals surface area (Å²) in [6.07, 6.45) is 0.322. The molecule has 0 heterocycles. The molecule has 0 bridgehead atoms. The summed E-state index contributed by atoms with van der Waals surface area (Å²) in [5.41, 5.74) is 3.50. The molecule has 1 N–H and O–H groups in total. The first kappa shape index (κ1) is 20.0. The molecule has 0 radical (unpaired) electrons. The Bertz CT molecular complexity index is 768. The molecule has 0 aromatic heterocycles. The van der Waals surface area contributed by atoms with Crippen molar-refractivity contribution in [2.75, 3.05) is 23.3 Å². The molecule has 0 aliphatic carbocycles. The first-order valence-electron chi connectivity index (χ1n) is 8.88. The fourth-order valence-electron chi connectivity index (χ4n) is 2.79. The van der Waals surface area contributed by atoms with E-state index in [9.17, 15) is 9.59 Å². The Labute approximate surface area is 160 Å². The Hall–Kier alpha value is -2.33. The van der Waals surface area contributed by atoms with Crippen LogP contribution in [0.15, 0.2) is 42.5 Å². The van der Waals surface area contributed by atoms with Gasteiger partial charge in [0.05, 0.1) is 0 Å². The molecule has 0 aliphatic rings. The average Bonchev–Trinajstić information content (AvgIpc) is 2.63. The van der Waals surface area contributed by atoms with Crippen molar-refractivity contribution >= 4 is 34.7 Å². The summed E-state index contributed by atoms with van der Waals surface area (Å²) in [6.45, 7) is 8.09. The van der Waals surface area contributed by atoms with Gasteiger partial charge in [-0.25, -0.2) is 0 Å². The van der Waals surface area contributed by atoms with Gasteiger partial charge in [0.15, 0.2) is 5.78 Å². The smallest absolute Gasteiger partial charge is 0.224 e. The molecule has 0 spiro atoms. The summed E-state index contributed by atoms with van der Waals surface area (Å²) < 4.78 is 0. The van der Waals surface area contributed by atoms with E-state index in [1.54, 1.807) is 24.3 Å². The molecule has 4 nitrogen and oxygen atoms in total. The minimum absolute atomic E-state index is 0.0644. The first-order valence-corrected chi connectivity index (χ1v) is 9.26. The van der Waals surface area contributed by atoms with Crippen molar-refractivity contribution in [3.8, 4) is 0 Å². The van der Waals surface area contributed by atoms with Gasteiger partial charge in [0.1, 0.15) is 0 Å². The fraction of sp³-hybridized carbons (Fsp3) is 0.333. The van der Waals surface area contributed by atoms with Crippen LogP contribution < -0.4 is 10.2 Å². The molecule has 0 unspecified atom stereocenters. The SMILES string of the molecule is CCN(CC)c1ccc(NC(=O)CCC(=O)c2ccc(Cl)cc2)c(C)c1. The van der Waals surface area contributed by atoms with Crippen LogP contribution in [0.4, 0.5) is 11.4 Å². The van der Waals surface area contributed by atoms with Crippen LogP contribution >= 0.6 is 11.6 Å². The lowest BCUT2D eigenvalue weighted by molar-refractivity contribution is -0.116. The average molecular weight is 373 g/mol. The van der Waals surface area contributed by atoms with E-state index in [2.05, 4.69) is 30.1 Å². The van der Waals surface area contributed by atoms with E-state index in [0.29, 0.717) is 10.6 Å². The number of nitrogens with zero attached hydrogens (tertiary/aromatic N) is 1. The first-order chi connectivity index (χ1) is 12.4. The molecule has 2 rings (SSSR count). The van der Waals surface area contributed by atoms with Crippen LogP contribution in [0, 0.1) is 6.92 Å². The molecule has 5 heteroatoms. The lowest BCUT2D eigenvalue weighted by Crippen LogP contribution is -2.22. The fourth-order valence-corrected chi connectivity index (χ4v) is 2.92. The topological polar surface area (TPSA) is 49.4 Å². The van der Waals surface area contributed by atoms with E-state index in [1.807, 2.05) is 19.1 Å². The van der Waals surface area contributed by atoms with Crippen LogP contribution in [-0.4, -0.2) is 24.8 Å². The number of aryl methyl sites for hydroxylation is 1. The second-order valence-corrected chi connectivity index (χ2v) is 6.59. The summed E-state index contributed by atoms with van der Waals surface area (Å²) in [5, 5.41) is 3.48. The second-order valence-electron chi connectivity index (χ2n) is 6.15. The van der Waals surface area contributed by atoms with E-state index in [-0.39, 0.29) is 24.5 Å². The van der Waals surface area contributed by atoms with Gasteiger partial charge in [-0.2, -0.15) is 0 Å². The van der Waals surface area contributed by atoms with Gasteiger partial charge < -0.3 is 10.2 Å². The molecule has 0 aliphatic heterocycles. The van der Waals surface area contributed by atoms with Gasteiger partial charge in [0.25, 0.3) is 0 Å². The molecule has 2 aromatic carbocycles. The van der Waals surface area contributed by atoms with Crippen LogP contribution in [0.1, 0.15) is 42.6 Å². The number of halogens is 1. The molecule has 0 saturated carbocycles. The monoisotopic (exact) mass is 372 g/mol. The zero-order valence-corrected chi connectivity index (χ0v) is 16.3. The third-order valence-electron chi connectivity index (χ3n) is 4.36. The lowest BCUT2D eigenvalue weighted by atomic mass is 10.1. The van der Waals surface area contributed by atoms with E-state index in [1.165, 1.54) is 0 Å². The van der Waals surface area contributed by atoms with E-state index in [4.69, 9.17) is 11.6 Å². The van der Waals surface area contributed by atoms with Gasteiger partial charge in [-0.1, -0.05) is 11.6 Å². The van der Waals surface area contributed by atoms with Crippen LogP contribution in [0.2, 0.25) is 5.02 Å². The molecule has 0 atom stereocenters. The van der Waals surface area contributed by atoms with E-state index < -0.39 is 0 Å². The van der Waals surface area contributed by atoms with Crippen molar-refractivity contribution in [2.24, 2.45) is 0 Å². The number of amides is 1. The maximum absolute atomic E-state index is 12.2. The van der Waals surface area contributed by atoms with Gasteiger partial charge >= 0.3 is 0 Å². The Kier molecular flexibility index (Phi) is 7.22. The number of nitrogens with one attached hydrogen (secondary N) is 1. The minimum Gasteiger partial charge on any atom is -0.372 e. The van der Waals surface area contributed by atoms with Crippen LogP contribution in [0.5, 0.6) is 0 Å². The van der Waals surface area contributed by atoms with Crippen molar-refractivity contribution < 1.29 is 9.59 Å². The van der Waals surface area contributed by atoms with Crippen LogP contribution in [-0.2, 0) is 4.79 Å². The van der Waals surface area contributed by atoms with Crippen molar-refractivity contribution in [1.29, 1.82) is 0 Å². The van der Waals surface area contributed by atoms with Gasteiger partial charge in [0, 0.05) is 47.9 Å². The highest BCUT2D eigenvalue weighted by molar-refractivity contribution is 6.30. The van der Waals surface area contributed by atoms with Crippen molar-refractivity contribution in [1.82, 2.24) is 0 Å². The standard InChI is InChI=1S/C21H25ClN2O2/c1-4-24(5-2)18-10-11-19(15(3)14-18)23-21(26)13-12-20(25)16-6-8-17(22)9-7-16/h6-11,14H,4-5,12-13H2,1-3H3,(H,23,26). The van der Waals surface area contributed by atoms with Crippen LogP contribution in [0.3, 0.4) is 0 Å². The predicted octanol–water partition coefficient (Wildman–Crippen LogP) is 5.10. The highest BCUT2D eigenvalue weighted by Crippen LogP contribution is 2.23. The Morgan fingerprint density at radius 3 is 2.23 bits per heavy atom. The molecule has 138 valence electrons. The predicted molar refractivity (Wildman–Crippen MR) is 108 cm³/mol. The second kappa shape index (κ2) is 9.39. The summed E-state index contributed by atoms with van der Waals surface area (Å²) in [4.78, 5) is 26.6. The van der Waals surface area contributed by atoms with Crippen molar-refractivity contribution in [2.45, 2.75) is 33.6 Å². The third kappa shape index (κ3) is 5.33. The van der Waals surface area contributed by atoms with Gasteiger partial charge in [-0.15, -0.1) is 0 Å². The highest BCUT2D eigenvalue weighted by Gasteiger charge is 2.11. The number of anilines is 2. The number of rotatable bonds is 8. The Balaban J connectivity index is 1.93. The van der Waals surface area contributed by atoms with Gasteiger partial charge in [0.2, 0.25) is 5.91 Å². The zero-order valence-electron chi connectivity index (χ0n) is 15.5. The molecule has 2 aromatic rings. The van der Waals surface area contributed by atoms with Gasteiger partial charge in [-0.3, -0.25) is 9.59 Å². The summed E-state index contributed by atoms with van der Waals surface area (Å²) >= 11 is 5.82. The molecule has 0 saturated heterocycles. The zero-order chi connectivity index (χ0) is 19.1. The minimum atomic E-state index is -0.161. The van der Waals surface area contributed by atoms with E-state index in [0.717, 1.165) is 30.0 Å². The maximum Gasteiger partial charge on any atom is 0.224 e. The molecule has 0 fully saturated rings. The number of hydrogen-bond acceptors (Lipinski definition) is 3. The quantitative estimate of drug-likeness (QED) is 0.656. The Morgan fingerprint density at radius 1 is 1.00 bits per heavy atom. The molecule has 26 heavy (non-hydrogen) atoms. The normalized spacial score (nSPS) is 10.5. The summed E-state index contributed by atoms with van der Waals surface area (Å²) in [5.74, 6) is -0.226. The van der Waals surface area contributed by atoms with Crippen molar-refractivity contribution in [3.63, 3.8) is 0 Å². The number of benzene rings is 2. The molecular weight excluding hydrogens is 348 g/mol. The van der Waals surface area contributed by atoms with E-state index >= 15 is 0 Å². The summed E-state index contributed by atoms with van der Waals surface area (Å²) in [6, 6.07) is 12.7. The van der Waals surface area contributed by atoms with Crippen molar-refractivity contribution in [3.05, 3.63) is 58.6 Å². The number of hydrogen-bond donors (Lipinski definition) is 1. The lowest BCUT2D eigenvalue weighted by Gasteiger charge is -2.22. The Morgan fingerprint density at radius 2 is 1.65 bits per heavy atom. The molecule has 1 amide bonds. The largest absolute Gasteiger partial charge is 0.372 e. The van der Waals surface area contributed by atoms with Gasteiger partial charge in [-0.05, 0) is 68.8 Å².